The number of likely N-dealkylation sites (tertiary alicyclic amines) is 1. The lowest BCUT2D eigenvalue weighted by Crippen LogP contribution is -2.49. The molecule has 12 heteroatoms. The Morgan fingerprint density at radius 2 is 1.82 bits per heavy atom. The highest BCUT2D eigenvalue weighted by atomic mass is 19.1. The Labute approximate surface area is 226 Å². The second-order valence-electron chi connectivity index (χ2n) is 10.9. The number of carboxylic acid groups (broad SMARTS) is 1. The van der Waals surface area contributed by atoms with Crippen molar-refractivity contribution in [3.05, 3.63) is 41.3 Å². The highest BCUT2D eigenvalue weighted by Gasteiger charge is 2.46. The molecule has 2 aliphatic rings. The van der Waals surface area contributed by atoms with E-state index in [0.29, 0.717) is 38.4 Å². The van der Waals surface area contributed by atoms with Gasteiger partial charge in [0.1, 0.15) is 17.6 Å². The molecule has 2 aromatic rings. The van der Waals surface area contributed by atoms with Gasteiger partial charge < -0.3 is 24.8 Å². The van der Waals surface area contributed by atoms with Crippen molar-refractivity contribution in [1.82, 2.24) is 19.6 Å². The second kappa shape index (κ2) is 11.7. The van der Waals surface area contributed by atoms with E-state index < -0.39 is 23.3 Å². The molecule has 1 aromatic carbocycles. The van der Waals surface area contributed by atoms with Crippen LogP contribution < -0.4 is 10.1 Å². The van der Waals surface area contributed by atoms with Crippen molar-refractivity contribution in [2.45, 2.75) is 45.7 Å². The summed E-state index contributed by atoms with van der Waals surface area (Å²) in [5, 5.41) is 18.0. The van der Waals surface area contributed by atoms with Crippen LogP contribution in [0.25, 0.3) is 0 Å². The van der Waals surface area contributed by atoms with Crippen LogP contribution in [-0.4, -0.2) is 95.0 Å². The molecule has 4 rings (SSSR count). The fourth-order valence-electron chi connectivity index (χ4n) is 4.98. The third-order valence-electron chi connectivity index (χ3n) is 7.06. The van der Waals surface area contributed by atoms with Gasteiger partial charge in [0, 0.05) is 37.5 Å². The molecule has 2 atom stereocenters. The lowest BCUT2D eigenvalue weighted by Gasteiger charge is -2.30. The van der Waals surface area contributed by atoms with Crippen molar-refractivity contribution < 1.29 is 33.4 Å². The van der Waals surface area contributed by atoms with Crippen LogP contribution in [0.4, 0.5) is 10.2 Å². The van der Waals surface area contributed by atoms with Crippen LogP contribution in [0.1, 0.15) is 49.2 Å². The number of nitrogens with zero attached hydrogens (tertiary/aromatic N) is 4. The number of benzene rings is 1. The van der Waals surface area contributed by atoms with E-state index in [1.165, 1.54) is 28.8 Å². The van der Waals surface area contributed by atoms with Crippen LogP contribution in [0.2, 0.25) is 0 Å². The summed E-state index contributed by atoms with van der Waals surface area (Å²) >= 11 is 0. The Bertz CT molecular complexity index is 1200. The number of carboxylic acids is 1. The van der Waals surface area contributed by atoms with Crippen molar-refractivity contribution >= 4 is 23.6 Å². The average molecular weight is 546 g/mol. The minimum Gasteiger partial charge on any atom is -0.491 e. The Balaban J connectivity index is 1.67. The summed E-state index contributed by atoms with van der Waals surface area (Å²) in [6.07, 6.45) is 0.348. The summed E-state index contributed by atoms with van der Waals surface area (Å²) in [5.74, 6) is -2.27. The molecule has 3 heterocycles. The average Bonchev–Trinajstić information content (AvgIpc) is 3.49. The molecule has 2 fully saturated rings. The number of carbonyl (C=O) groups is 3. The van der Waals surface area contributed by atoms with E-state index in [4.69, 9.17) is 9.47 Å². The fourth-order valence-corrected chi connectivity index (χ4v) is 4.98. The van der Waals surface area contributed by atoms with Crippen LogP contribution in [0.5, 0.6) is 5.75 Å². The molecule has 1 aromatic heterocycles. The lowest BCUT2D eigenvalue weighted by molar-refractivity contribution is -0.149. The zero-order valence-electron chi connectivity index (χ0n) is 22.8. The standard InChI is InChI=1S/C27H36FN5O6/c1-27(2,3)26(37)33-24(29-15-17-5-7-18(28)8-6-17)23(38-4)21(30-33)19-9-10-32(22(19)25(35)36)20(34)16-31-11-13-39-14-12-31/h5-8,19,22,29H,9-16H2,1-4H3,(H,35,36). The topological polar surface area (TPSA) is 126 Å². The first-order valence-corrected chi connectivity index (χ1v) is 13.0. The van der Waals surface area contributed by atoms with Crippen molar-refractivity contribution in [3.8, 4) is 5.75 Å². The van der Waals surface area contributed by atoms with Gasteiger partial charge in [-0.2, -0.15) is 9.78 Å². The normalized spacial score (nSPS) is 20.2. The number of hydrogen-bond acceptors (Lipinski definition) is 8. The number of nitrogens with one attached hydrogen (secondary N) is 1. The number of aliphatic carboxylic acids is 1. The van der Waals surface area contributed by atoms with Gasteiger partial charge in [0.05, 0.1) is 26.9 Å². The molecular weight excluding hydrogens is 509 g/mol. The maximum Gasteiger partial charge on any atom is 0.327 e. The van der Waals surface area contributed by atoms with Crippen molar-refractivity contribution in [1.29, 1.82) is 0 Å². The Kier molecular flexibility index (Phi) is 8.55. The Hall–Kier alpha value is -3.51. The predicted molar refractivity (Wildman–Crippen MR) is 140 cm³/mol. The number of hydrogen-bond donors (Lipinski definition) is 2. The molecule has 0 saturated carbocycles. The summed E-state index contributed by atoms with van der Waals surface area (Å²) in [6, 6.07) is 4.77. The molecule has 0 spiro atoms. The molecule has 2 aliphatic heterocycles. The number of rotatable bonds is 8. The maximum absolute atomic E-state index is 13.4. The molecule has 2 N–H and O–H groups in total. The Morgan fingerprint density at radius 3 is 2.41 bits per heavy atom. The van der Waals surface area contributed by atoms with Crippen LogP contribution >= 0.6 is 0 Å². The van der Waals surface area contributed by atoms with E-state index in [2.05, 4.69) is 10.4 Å². The number of morpholine rings is 1. The third-order valence-corrected chi connectivity index (χ3v) is 7.06. The Morgan fingerprint density at radius 1 is 1.15 bits per heavy atom. The summed E-state index contributed by atoms with van der Waals surface area (Å²) in [6.45, 7) is 8.15. The number of methoxy groups -OCH3 is 1. The molecule has 0 bridgehead atoms. The summed E-state index contributed by atoms with van der Waals surface area (Å²) in [7, 11) is 1.43. The second-order valence-corrected chi connectivity index (χ2v) is 10.9. The number of ether oxygens (including phenoxy) is 2. The quantitative estimate of drug-likeness (QED) is 0.514. The van der Waals surface area contributed by atoms with E-state index in [0.717, 1.165) is 5.56 Å². The van der Waals surface area contributed by atoms with Gasteiger partial charge >= 0.3 is 5.97 Å². The highest BCUT2D eigenvalue weighted by Crippen LogP contribution is 2.42. The van der Waals surface area contributed by atoms with Crippen LogP contribution in [0.3, 0.4) is 0 Å². The molecule has 2 unspecified atom stereocenters. The van der Waals surface area contributed by atoms with Gasteiger partial charge in [-0.05, 0) is 24.1 Å². The van der Waals surface area contributed by atoms with E-state index in [1.807, 2.05) is 4.90 Å². The largest absolute Gasteiger partial charge is 0.491 e. The predicted octanol–water partition coefficient (Wildman–Crippen LogP) is 2.43. The van der Waals surface area contributed by atoms with Crippen molar-refractivity contribution in [2.75, 3.05) is 51.8 Å². The SMILES string of the molecule is COc1c(C2CCN(C(=O)CN3CCOCC3)C2C(=O)O)nn(C(=O)C(C)(C)C)c1NCc1ccc(F)cc1. The van der Waals surface area contributed by atoms with Gasteiger partial charge in [-0.15, -0.1) is 0 Å². The van der Waals surface area contributed by atoms with E-state index in [9.17, 15) is 23.9 Å². The maximum atomic E-state index is 13.4. The van der Waals surface area contributed by atoms with E-state index >= 15 is 0 Å². The molecule has 212 valence electrons. The zero-order valence-corrected chi connectivity index (χ0v) is 22.8. The summed E-state index contributed by atoms with van der Waals surface area (Å²) in [5.41, 5.74) is 0.258. The number of anilines is 1. The summed E-state index contributed by atoms with van der Waals surface area (Å²) < 4.78 is 25.7. The van der Waals surface area contributed by atoms with Gasteiger partial charge in [0.15, 0.2) is 11.6 Å². The number of carbonyl (C=O) groups excluding carboxylic acids is 2. The van der Waals surface area contributed by atoms with Crippen molar-refractivity contribution in [3.63, 3.8) is 0 Å². The molecular formula is C27H36FN5O6. The smallest absolute Gasteiger partial charge is 0.327 e. The fraction of sp³-hybridized carbons (Fsp3) is 0.556. The first-order chi connectivity index (χ1) is 18.5. The minimum absolute atomic E-state index is 0.110. The van der Waals surface area contributed by atoms with Crippen LogP contribution in [0, 0.1) is 11.2 Å². The van der Waals surface area contributed by atoms with Crippen LogP contribution in [0.15, 0.2) is 24.3 Å². The molecule has 1 amide bonds. The number of amides is 1. The third kappa shape index (κ3) is 6.22. The van der Waals surface area contributed by atoms with Gasteiger partial charge in [0.25, 0.3) is 5.91 Å². The number of halogens is 1. The minimum atomic E-state index is -1.16. The van der Waals surface area contributed by atoms with E-state index in [-0.39, 0.29) is 48.8 Å². The van der Waals surface area contributed by atoms with Crippen molar-refractivity contribution in [2.24, 2.45) is 5.41 Å². The molecule has 39 heavy (non-hydrogen) atoms. The highest BCUT2D eigenvalue weighted by molar-refractivity contribution is 5.89. The molecule has 11 nitrogen and oxygen atoms in total. The van der Waals surface area contributed by atoms with Gasteiger partial charge in [-0.3, -0.25) is 14.5 Å². The van der Waals surface area contributed by atoms with Gasteiger partial charge in [0.2, 0.25) is 5.91 Å². The zero-order chi connectivity index (χ0) is 28.3. The number of aromatic nitrogens is 2. The first kappa shape index (κ1) is 28.5. The summed E-state index contributed by atoms with van der Waals surface area (Å²) in [4.78, 5) is 42.4. The lowest BCUT2D eigenvalue weighted by atomic mass is 9.95. The van der Waals surface area contributed by atoms with E-state index in [1.54, 1.807) is 32.9 Å². The van der Waals surface area contributed by atoms with Gasteiger partial charge in [-0.25, -0.2) is 9.18 Å². The monoisotopic (exact) mass is 545 g/mol. The first-order valence-electron chi connectivity index (χ1n) is 13.0. The molecule has 2 saturated heterocycles. The van der Waals surface area contributed by atoms with Gasteiger partial charge in [-0.1, -0.05) is 32.9 Å². The van der Waals surface area contributed by atoms with Crippen LogP contribution in [-0.2, 0) is 20.9 Å². The molecule has 0 aliphatic carbocycles. The molecule has 0 radical (unpaired) electrons.